The van der Waals surface area contributed by atoms with Gasteiger partial charge in [-0.25, -0.2) is 0 Å². The highest BCUT2D eigenvalue weighted by Gasteiger charge is 1.98. The Kier molecular flexibility index (Phi) is 6.47. The number of guanidine groups is 1. The third-order valence-electron chi connectivity index (χ3n) is 2.67. The van der Waals surface area contributed by atoms with Gasteiger partial charge in [-0.3, -0.25) is 4.99 Å². The van der Waals surface area contributed by atoms with E-state index in [-0.39, 0.29) is 0 Å². The van der Waals surface area contributed by atoms with E-state index in [1.54, 1.807) is 18.4 Å². The topological polar surface area (TPSA) is 36.4 Å². The highest BCUT2D eigenvalue weighted by molar-refractivity contribution is 7.99. The first-order chi connectivity index (χ1) is 9.88. The molecular weight excluding hydrogens is 286 g/mol. The van der Waals surface area contributed by atoms with Gasteiger partial charge in [0.1, 0.15) is 0 Å². The molecule has 0 atom stereocenters. The van der Waals surface area contributed by atoms with Crippen molar-refractivity contribution in [1.82, 2.24) is 10.6 Å². The van der Waals surface area contributed by atoms with Crippen LogP contribution in [0.15, 0.2) is 57.0 Å². The number of nitrogens with zero attached hydrogens (tertiary/aromatic N) is 1. The van der Waals surface area contributed by atoms with Crippen LogP contribution in [0.5, 0.6) is 0 Å². The van der Waals surface area contributed by atoms with Gasteiger partial charge in [0.25, 0.3) is 0 Å². The van der Waals surface area contributed by atoms with Crippen LogP contribution in [0, 0.1) is 0 Å². The smallest absolute Gasteiger partial charge is 0.191 e. The fourth-order valence-corrected chi connectivity index (χ4v) is 3.11. The Morgan fingerprint density at radius 3 is 2.75 bits per heavy atom. The second-order valence-electron chi connectivity index (χ2n) is 4.15. The van der Waals surface area contributed by atoms with Crippen LogP contribution >= 0.6 is 23.1 Å². The van der Waals surface area contributed by atoms with E-state index in [2.05, 4.69) is 56.7 Å². The molecular formula is C15H19N3S2. The molecule has 5 heteroatoms. The second kappa shape index (κ2) is 8.66. The van der Waals surface area contributed by atoms with Crippen molar-refractivity contribution in [2.24, 2.45) is 4.99 Å². The van der Waals surface area contributed by atoms with Gasteiger partial charge in [0, 0.05) is 30.8 Å². The van der Waals surface area contributed by atoms with Gasteiger partial charge in [-0.1, -0.05) is 18.2 Å². The van der Waals surface area contributed by atoms with Crippen molar-refractivity contribution < 1.29 is 0 Å². The number of thiophene rings is 1. The summed E-state index contributed by atoms with van der Waals surface area (Å²) in [6, 6.07) is 12.6. The van der Waals surface area contributed by atoms with Gasteiger partial charge in [0.2, 0.25) is 0 Å². The minimum absolute atomic E-state index is 0.814. The molecule has 1 heterocycles. The van der Waals surface area contributed by atoms with Crippen LogP contribution in [0.25, 0.3) is 0 Å². The molecule has 0 amide bonds. The molecule has 3 nitrogen and oxygen atoms in total. The lowest BCUT2D eigenvalue weighted by molar-refractivity contribution is 0.835. The third-order valence-corrected chi connectivity index (χ3v) is 4.42. The molecule has 0 aliphatic rings. The average molecular weight is 305 g/mol. The van der Waals surface area contributed by atoms with Crippen LogP contribution < -0.4 is 10.6 Å². The molecule has 0 aliphatic heterocycles. The quantitative estimate of drug-likeness (QED) is 0.372. The van der Waals surface area contributed by atoms with Gasteiger partial charge in [0.15, 0.2) is 5.96 Å². The van der Waals surface area contributed by atoms with Gasteiger partial charge in [-0.05, 0) is 34.5 Å². The Balaban J connectivity index is 1.64. The Labute approximate surface area is 128 Å². The number of rotatable bonds is 6. The van der Waals surface area contributed by atoms with E-state index in [0.29, 0.717) is 0 Å². The zero-order valence-electron chi connectivity index (χ0n) is 11.5. The zero-order chi connectivity index (χ0) is 14.0. The largest absolute Gasteiger partial charge is 0.356 e. The van der Waals surface area contributed by atoms with Crippen molar-refractivity contribution in [3.8, 4) is 0 Å². The maximum atomic E-state index is 4.22. The lowest BCUT2D eigenvalue weighted by Gasteiger charge is -2.11. The van der Waals surface area contributed by atoms with E-state index in [9.17, 15) is 0 Å². The molecule has 0 bridgehead atoms. The highest BCUT2D eigenvalue weighted by atomic mass is 32.2. The summed E-state index contributed by atoms with van der Waals surface area (Å²) in [6.45, 7) is 1.71. The number of benzene rings is 1. The van der Waals surface area contributed by atoms with E-state index in [0.717, 1.165) is 24.8 Å². The van der Waals surface area contributed by atoms with Crippen molar-refractivity contribution in [2.45, 2.75) is 11.4 Å². The number of nitrogens with one attached hydrogen (secondary N) is 2. The average Bonchev–Trinajstić information content (AvgIpc) is 3.01. The summed E-state index contributed by atoms with van der Waals surface area (Å²) in [5.74, 6) is 1.87. The normalized spacial score (nSPS) is 11.3. The molecule has 0 fully saturated rings. The third kappa shape index (κ3) is 5.27. The molecule has 1 aromatic heterocycles. The first-order valence-electron chi connectivity index (χ1n) is 6.52. The van der Waals surface area contributed by atoms with Crippen LogP contribution in [-0.2, 0) is 6.54 Å². The summed E-state index contributed by atoms with van der Waals surface area (Å²) in [6.07, 6.45) is 0. The molecule has 20 heavy (non-hydrogen) atoms. The number of thioether (sulfide) groups is 1. The van der Waals surface area contributed by atoms with Crippen molar-refractivity contribution in [2.75, 3.05) is 19.3 Å². The molecule has 2 aromatic rings. The molecule has 2 rings (SSSR count). The minimum atomic E-state index is 0.814. The SMILES string of the molecule is CN=C(NCCSc1ccccc1)NCc1ccsc1. The van der Waals surface area contributed by atoms with Crippen molar-refractivity contribution in [3.63, 3.8) is 0 Å². The fraction of sp³-hybridized carbons (Fsp3) is 0.267. The molecule has 106 valence electrons. The fourth-order valence-electron chi connectivity index (χ4n) is 1.65. The number of aliphatic imine (C=N–C) groups is 1. The van der Waals surface area contributed by atoms with Crippen LogP contribution in [0.3, 0.4) is 0 Å². The van der Waals surface area contributed by atoms with E-state index >= 15 is 0 Å². The number of hydrogen-bond acceptors (Lipinski definition) is 3. The lowest BCUT2D eigenvalue weighted by Crippen LogP contribution is -2.37. The van der Waals surface area contributed by atoms with Crippen LogP contribution in [0.1, 0.15) is 5.56 Å². The first kappa shape index (κ1) is 14.9. The van der Waals surface area contributed by atoms with E-state index in [1.807, 2.05) is 17.8 Å². The van der Waals surface area contributed by atoms with E-state index in [1.165, 1.54) is 10.5 Å². The van der Waals surface area contributed by atoms with Crippen molar-refractivity contribution >= 4 is 29.1 Å². The highest BCUT2D eigenvalue weighted by Crippen LogP contribution is 2.15. The molecule has 2 N–H and O–H groups in total. The molecule has 0 saturated heterocycles. The predicted molar refractivity (Wildman–Crippen MR) is 89.7 cm³/mol. The van der Waals surface area contributed by atoms with E-state index < -0.39 is 0 Å². The van der Waals surface area contributed by atoms with Crippen LogP contribution in [0.2, 0.25) is 0 Å². The molecule has 1 aromatic carbocycles. The van der Waals surface area contributed by atoms with Crippen LogP contribution in [0.4, 0.5) is 0 Å². The van der Waals surface area contributed by atoms with Gasteiger partial charge < -0.3 is 10.6 Å². The summed E-state index contributed by atoms with van der Waals surface area (Å²) in [5.41, 5.74) is 1.29. The molecule has 0 saturated carbocycles. The van der Waals surface area contributed by atoms with Gasteiger partial charge in [-0.15, -0.1) is 11.8 Å². The lowest BCUT2D eigenvalue weighted by atomic mass is 10.3. The number of hydrogen-bond donors (Lipinski definition) is 2. The molecule has 0 radical (unpaired) electrons. The summed E-state index contributed by atoms with van der Waals surface area (Å²) < 4.78 is 0. The Bertz CT molecular complexity index is 509. The van der Waals surface area contributed by atoms with Gasteiger partial charge >= 0.3 is 0 Å². The summed E-state index contributed by atoms with van der Waals surface area (Å²) in [4.78, 5) is 5.52. The Morgan fingerprint density at radius 2 is 2.05 bits per heavy atom. The van der Waals surface area contributed by atoms with Crippen molar-refractivity contribution in [3.05, 3.63) is 52.7 Å². The summed E-state index contributed by atoms with van der Waals surface area (Å²) in [7, 11) is 1.80. The Morgan fingerprint density at radius 1 is 1.20 bits per heavy atom. The van der Waals surface area contributed by atoms with Crippen LogP contribution in [-0.4, -0.2) is 25.3 Å². The maximum Gasteiger partial charge on any atom is 0.191 e. The first-order valence-corrected chi connectivity index (χ1v) is 8.45. The molecule has 0 aliphatic carbocycles. The Hall–Kier alpha value is -1.46. The summed E-state index contributed by atoms with van der Waals surface area (Å²) in [5, 5.41) is 10.9. The second-order valence-corrected chi connectivity index (χ2v) is 6.09. The van der Waals surface area contributed by atoms with Gasteiger partial charge in [-0.2, -0.15) is 11.3 Å². The monoisotopic (exact) mass is 305 g/mol. The minimum Gasteiger partial charge on any atom is -0.356 e. The predicted octanol–water partition coefficient (Wildman–Crippen LogP) is 3.21. The van der Waals surface area contributed by atoms with E-state index in [4.69, 9.17) is 0 Å². The molecule has 0 unspecified atom stereocenters. The van der Waals surface area contributed by atoms with Crippen molar-refractivity contribution in [1.29, 1.82) is 0 Å². The summed E-state index contributed by atoms with van der Waals surface area (Å²) >= 11 is 3.56. The van der Waals surface area contributed by atoms with Gasteiger partial charge in [0.05, 0.1) is 0 Å². The maximum absolute atomic E-state index is 4.22. The molecule has 0 spiro atoms. The standard InChI is InChI=1S/C15H19N3S2/c1-16-15(18-11-13-7-9-19-12-13)17-8-10-20-14-5-3-2-4-6-14/h2-7,9,12H,8,10-11H2,1H3,(H2,16,17,18). The zero-order valence-corrected chi connectivity index (χ0v) is 13.1.